The molecule has 0 saturated heterocycles. The monoisotopic (exact) mass is 300 g/mol. The van der Waals surface area contributed by atoms with Crippen LogP contribution >= 0.6 is 0 Å². The van der Waals surface area contributed by atoms with E-state index >= 15 is 0 Å². The first-order valence-electron chi connectivity index (χ1n) is 8.26. The summed E-state index contributed by atoms with van der Waals surface area (Å²) in [7, 11) is 0. The molecule has 0 radical (unpaired) electrons. The first kappa shape index (κ1) is 14.1. The van der Waals surface area contributed by atoms with E-state index in [9.17, 15) is 21.0 Å². The molecule has 1 fully saturated rings. The molecule has 0 aliphatic heterocycles. The number of rotatable bonds is 0. The quantitative estimate of drug-likeness (QED) is 0.641. The minimum absolute atomic E-state index is 0.187. The molecule has 1 saturated carbocycles. The third-order valence-electron chi connectivity index (χ3n) is 6.62. The molecular weight excluding hydrogens is 284 g/mol. The van der Waals surface area contributed by atoms with E-state index in [1.165, 1.54) is 17.6 Å². The standard InChI is InChI=1S/C19H16N4/c20-8-18(9-21)14-6-7-15(19(18,10-22)11-23)17-13-5-3-1-2-4-12(13)16(14)17/h6-7,14-17H,1-5H2/t14-,15-,16+,17+/m0/s1. The Kier molecular flexibility index (Phi) is 2.73. The molecule has 4 heteroatoms. The van der Waals surface area contributed by atoms with Gasteiger partial charge in [-0.15, -0.1) is 0 Å². The van der Waals surface area contributed by atoms with Gasteiger partial charge < -0.3 is 0 Å². The summed E-state index contributed by atoms with van der Waals surface area (Å²) in [5.74, 6) is -0.285. The van der Waals surface area contributed by atoms with Gasteiger partial charge in [0.2, 0.25) is 0 Å². The average molecular weight is 300 g/mol. The second-order valence-electron chi connectivity index (χ2n) is 7.16. The number of nitriles is 4. The molecule has 5 aliphatic rings. The number of hydrogen-bond acceptors (Lipinski definition) is 4. The summed E-state index contributed by atoms with van der Waals surface area (Å²) in [6.07, 6.45) is 9.52. The lowest BCUT2D eigenvalue weighted by atomic mass is 9.36. The van der Waals surface area contributed by atoms with Gasteiger partial charge in [-0.2, -0.15) is 21.0 Å². The van der Waals surface area contributed by atoms with Gasteiger partial charge in [0.15, 0.2) is 10.8 Å². The lowest BCUT2D eigenvalue weighted by molar-refractivity contribution is -0.00922. The maximum atomic E-state index is 9.82. The highest BCUT2D eigenvalue weighted by molar-refractivity contribution is 5.53. The zero-order chi connectivity index (χ0) is 16.2. The van der Waals surface area contributed by atoms with E-state index in [2.05, 4.69) is 24.3 Å². The Morgan fingerprint density at radius 2 is 1.09 bits per heavy atom. The molecule has 0 aromatic carbocycles. The Balaban J connectivity index is 1.94. The van der Waals surface area contributed by atoms with Crippen molar-refractivity contribution in [2.24, 2.45) is 34.5 Å². The summed E-state index contributed by atoms with van der Waals surface area (Å²) in [6.45, 7) is 0. The normalized spacial score (nSPS) is 37.7. The predicted molar refractivity (Wildman–Crippen MR) is 80.5 cm³/mol. The zero-order valence-electron chi connectivity index (χ0n) is 12.8. The number of hydrogen-bond donors (Lipinski definition) is 0. The van der Waals surface area contributed by atoms with Crippen LogP contribution in [0, 0.1) is 79.8 Å². The first-order chi connectivity index (χ1) is 11.2. The van der Waals surface area contributed by atoms with Crippen LogP contribution in [0.2, 0.25) is 0 Å². The van der Waals surface area contributed by atoms with Gasteiger partial charge in [-0.05, 0) is 37.5 Å². The van der Waals surface area contributed by atoms with Crippen LogP contribution < -0.4 is 0 Å². The molecule has 112 valence electrons. The summed E-state index contributed by atoms with van der Waals surface area (Å²) in [5, 5.41) is 39.3. The van der Waals surface area contributed by atoms with Crippen LogP contribution in [-0.4, -0.2) is 0 Å². The highest BCUT2D eigenvalue weighted by Gasteiger charge is 2.74. The molecule has 0 heterocycles. The first-order valence-corrected chi connectivity index (χ1v) is 8.26. The van der Waals surface area contributed by atoms with Gasteiger partial charge in [-0.25, -0.2) is 0 Å². The van der Waals surface area contributed by atoms with Gasteiger partial charge >= 0.3 is 0 Å². The number of nitrogens with zero attached hydrogens (tertiary/aromatic N) is 4. The summed E-state index contributed by atoms with van der Waals surface area (Å²) < 4.78 is 0. The van der Waals surface area contributed by atoms with E-state index in [0.29, 0.717) is 0 Å². The second-order valence-corrected chi connectivity index (χ2v) is 7.16. The molecule has 0 amide bonds. The van der Waals surface area contributed by atoms with E-state index in [1.807, 2.05) is 12.2 Å². The van der Waals surface area contributed by atoms with Crippen LogP contribution in [-0.2, 0) is 0 Å². The Morgan fingerprint density at radius 3 is 1.43 bits per heavy atom. The van der Waals surface area contributed by atoms with Crippen molar-refractivity contribution in [3.05, 3.63) is 23.3 Å². The van der Waals surface area contributed by atoms with E-state index in [1.54, 1.807) is 0 Å². The van der Waals surface area contributed by atoms with Crippen molar-refractivity contribution in [2.75, 3.05) is 0 Å². The fraction of sp³-hybridized carbons (Fsp3) is 0.579. The Bertz CT molecular complexity index is 710. The number of allylic oxidation sites excluding steroid dienone is 4. The van der Waals surface area contributed by atoms with Gasteiger partial charge in [-0.3, -0.25) is 0 Å². The molecule has 0 unspecified atom stereocenters. The molecule has 23 heavy (non-hydrogen) atoms. The minimum atomic E-state index is -1.55. The molecule has 4 atom stereocenters. The van der Waals surface area contributed by atoms with Crippen molar-refractivity contribution < 1.29 is 0 Å². The Labute approximate surface area is 135 Å². The summed E-state index contributed by atoms with van der Waals surface area (Å²) in [4.78, 5) is 0. The topological polar surface area (TPSA) is 95.2 Å². The van der Waals surface area contributed by atoms with Crippen LogP contribution in [0.15, 0.2) is 23.3 Å². The molecule has 5 rings (SSSR count). The fourth-order valence-electron chi connectivity index (χ4n) is 5.64. The average Bonchev–Trinajstić information content (AvgIpc) is 2.80. The van der Waals surface area contributed by atoms with Crippen molar-refractivity contribution in [3.8, 4) is 24.3 Å². The highest BCUT2D eigenvalue weighted by atomic mass is 14.7. The van der Waals surface area contributed by atoms with Gasteiger partial charge in [-0.1, -0.05) is 29.7 Å². The van der Waals surface area contributed by atoms with Crippen molar-refractivity contribution in [3.63, 3.8) is 0 Å². The van der Waals surface area contributed by atoms with Crippen molar-refractivity contribution in [2.45, 2.75) is 32.1 Å². The lowest BCUT2D eigenvalue weighted by Gasteiger charge is -2.62. The number of fused-ring (bicyclic) bond motifs is 1. The SMILES string of the molecule is N#CC1(C#N)[C@H]2C=C[C@@H]([C@H]3C4=C(CCCCC4)[C@@H]32)C1(C#N)C#N. The largest absolute Gasteiger partial charge is 0.196 e. The molecule has 5 aliphatic carbocycles. The Hall–Kier alpha value is -2.56. The van der Waals surface area contributed by atoms with Gasteiger partial charge in [0.25, 0.3) is 0 Å². The van der Waals surface area contributed by atoms with Crippen molar-refractivity contribution >= 4 is 0 Å². The molecule has 0 aromatic rings. The maximum Gasteiger partial charge on any atom is 0.182 e. The Morgan fingerprint density at radius 1 is 0.696 bits per heavy atom. The highest BCUT2D eigenvalue weighted by Crippen LogP contribution is 2.71. The summed E-state index contributed by atoms with van der Waals surface area (Å²) in [6, 6.07) is 8.43. The minimum Gasteiger partial charge on any atom is -0.196 e. The third-order valence-corrected chi connectivity index (χ3v) is 6.62. The van der Waals surface area contributed by atoms with E-state index < -0.39 is 10.8 Å². The molecule has 0 spiro atoms. The smallest absolute Gasteiger partial charge is 0.182 e. The van der Waals surface area contributed by atoms with Gasteiger partial charge in [0.1, 0.15) is 0 Å². The zero-order valence-corrected chi connectivity index (χ0v) is 12.8. The maximum absolute atomic E-state index is 9.82. The van der Waals surface area contributed by atoms with Crippen LogP contribution in [0.3, 0.4) is 0 Å². The molecule has 2 bridgehead atoms. The third kappa shape index (κ3) is 1.30. The fourth-order valence-corrected chi connectivity index (χ4v) is 5.64. The second kappa shape index (κ2) is 4.47. The molecule has 4 nitrogen and oxygen atoms in total. The molecule has 0 N–H and O–H groups in total. The van der Waals surface area contributed by atoms with E-state index in [-0.39, 0.29) is 23.7 Å². The lowest BCUT2D eigenvalue weighted by Crippen LogP contribution is -2.63. The van der Waals surface area contributed by atoms with Crippen LogP contribution in [0.5, 0.6) is 0 Å². The van der Waals surface area contributed by atoms with Gasteiger partial charge in [0, 0.05) is 11.8 Å². The van der Waals surface area contributed by atoms with Crippen LogP contribution in [0.25, 0.3) is 0 Å². The predicted octanol–water partition coefficient (Wildman–Crippen LogP) is 3.38. The van der Waals surface area contributed by atoms with Crippen molar-refractivity contribution in [1.82, 2.24) is 0 Å². The summed E-state index contributed by atoms with van der Waals surface area (Å²) >= 11 is 0. The molecular formula is C19H16N4. The van der Waals surface area contributed by atoms with Gasteiger partial charge in [0.05, 0.1) is 24.3 Å². The molecule has 0 aromatic heterocycles. The van der Waals surface area contributed by atoms with Crippen LogP contribution in [0.4, 0.5) is 0 Å². The van der Waals surface area contributed by atoms with E-state index in [4.69, 9.17) is 0 Å². The van der Waals surface area contributed by atoms with E-state index in [0.717, 1.165) is 25.7 Å². The summed E-state index contributed by atoms with van der Waals surface area (Å²) in [5.41, 5.74) is -0.262. The van der Waals surface area contributed by atoms with Crippen molar-refractivity contribution in [1.29, 1.82) is 21.0 Å². The van der Waals surface area contributed by atoms with Crippen LogP contribution in [0.1, 0.15) is 32.1 Å².